The average molecular weight is 214 g/mol. The summed E-state index contributed by atoms with van der Waals surface area (Å²) in [5, 5.41) is -0.0362. The smallest absolute Gasteiger partial charge is 0.247 e. The summed E-state index contributed by atoms with van der Waals surface area (Å²) in [6.07, 6.45) is -2.45. The summed E-state index contributed by atoms with van der Waals surface area (Å²) in [6, 6.07) is 0. The zero-order chi connectivity index (χ0) is 9.35. The summed E-state index contributed by atoms with van der Waals surface area (Å²) in [7, 11) is 0. The second-order valence-corrected chi connectivity index (χ2v) is 3.02. The van der Waals surface area contributed by atoms with Gasteiger partial charge in [-0.25, -0.2) is 4.99 Å². The minimum atomic E-state index is -4.39. The van der Waals surface area contributed by atoms with Crippen molar-refractivity contribution < 1.29 is 13.2 Å². The molecule has 1 aliphatic heterocycles. The molecule has 0 N–H and O–H groups in total. The number of hydrogen-bond donors (Lipinski definition) is 0. The number of thiocarbonyl (C=S) groups is 1. The van der Waals surface area contributed by atoms with Gasteiger partial charge in [0.15, 0.2) is 0 Å². The quantitative estimate of drug-likeness (QED) is 0.564. The number of aliphatic imine (C=N–C) groups is 1. The largest absolute Gasteiger partial charge is 0.401 e. The van der Waals surface area contributed by atoms with Gasteiger partial charge in [-0.05, 0) is 6.08 Å². The van der Waals surface area contributed by atoms with Gasteiger partial charge in [-0.3, -0.25) is 0 Å². The topological polar surface area (TPSA) is 12.4 Å². The lowest BCUT2D eigenvalue weighted by Crippen LogP contribution is -2.28. The molecule has 66 valence electrons. The van der Waals surface area contributed by atoms with E-state index in [0.717, 1.165) is 12.3 Å². The maximum Gasteiger partial charge on any atom is 0.401 e. The van der Waals surface area contributed by atoms with Crippen LogP contribution in [0.25, 0.3) is 0 Å². The molecule has 0 radical (unpaired) electrons. The maximum atomic E-state index is 12.1. The zero-order valence-corrected chi connectivity index (χ0v) is 7.17. The second kappa shape index (κ2) is 3.14. The molecule has 0 aromatic carbocycles. The highest BCUT2D eigenvalue weighted by Gasteiger charge is 2.42. The van der Waals surface area contributed by atoms with Crippen molar-refractivity contribution in [2.24, 2.45) is 10.9 Å². The average Bonchev–Trinajstić information content (AvgIpc) is 1.92. The summed E-state index contributed by atoms with van der Waals surface area (Å²) >= 11 is 9.74. The summed E-state index contributed by atoms with van der Waals surface area (Å²) in [6.45, 7) is 0. The minimum Gasteiger partial charge on any atom is -0.247 e. The molecule has 6 heteroatoms. The van der Waals surface area contributed by atoms with Crippen molar-refractivity contribution in [1.82, 2.24) is 0 Å². The Hall–Kier alpha value is -0.420. The number of alkyl halides is 3. The molecule has 0 saturated heterocycles. The number of dihydropyridines is 1. The van der Waals surface area contributed by atoms with E-state index >= 15 is 0 Å². The van der Waals surface area contributed by atoms with Gasteiger partial charge in [0.1, 0.15) is 10.9 Å². The van der Waals surface area contributed by atoms with E-state index in [1.807, 2.05) is 0 Å². The van der Waals surface area contributed by atoms with E-state index in [0.29, 0.717) is 0 Å². The van der Waals surface area contributed by atoms with Gasteiger partial charge in [0.2, 0.25) is 0 Å². The molecular weight excluding hydrogens is 211 g/mol. The Balaban J connectivity index is 2.93. The molecule has 0 amide bonds. The van der Waals surface area contributed by atoms with Crippen LogP contribution >= 0.6 is 23.8 Å². The van der Waals surface area contributed by atoms with Crippen LogP contribution in [0, 0.1) is 5.92 Å². The van der Waals surface area contributed by atoms with Gasteiger partial charge < -0.3 is 0 Å². The van der Waals surface area contributed by atoms with Crippen LogP contribution in [0.15, 0.2) is 16.1 Å². The highest BCUT2D eigenvalue weighted by molar-refractivity contribution is 7.80. The maximum absolute atomic E-state index is 12.1. The lowest BCUT2D eigenvalue weighted by Gasteiger charge is -2.17. The normalized spacial score (nSPS) is 24.2. The molecule has 12 heavy (non-hydrogen) atoms. The van der Waals surface area contributed by atoms with Gasteiger partial charge in [-0.2, -0.15) is 13.2 Å². The van der Waals surface area contributed by atoms with Crippen molar-refractivity contribution in [1.29, 1.82) is 0 Å². The first kappa shape index (κ1) is 9.67. The van der Waals surface area contributed by atoms with Crippen LogP contribution in [0.5, 0.6) is 0 Å². The predicted molar refractivity (Wildman–Crippen MR) is 44.6 cm³/mol. The molecule has 1 rings (SSSR count). The molecule has 0 saturated carbocycles. The highest BCUT2D eigenvalue weighted by atomic mass is 35.5. The first-order valence-electron chi connectivity index (χ1n) is 2.93. The van der Waals surface area contributed by atoms with E-state index in [1.54, 1.807) is 0 Å². The number of allylic oxidation sites excluding steroid dienone is 1. The van der Waals surface area contributed by atoms with Gasteiger partial charge in [0.05, 0.1) is 5.03 Å². The van der Waals surface area contributed by atoms with Gasteiger partial charge in [0.25, 0.3) is 0 Å². The van der Waals surface area contributed by atoms with Crippen molar-refractivity contribution >= 4 is 35.0 Å². The van der Waals surface area contributed by atoms with Crippen LogP contribution in [-0.2, 0) is 0 Å². The van der Waals surface area contributed by atoms with Gasteiger partial charge >= 0.3 is 6.18 Å². The van der Waals surface area contributed by atoms with E-state index in [9.17, 15) is 13.2 Å². The van der Waals surface area contributed by atoms with Crippen molar-refractivity contribution in [2.75, 3.05) is 0 Å². The van der Waals surface area contributed by atoms with Crippen LogP contribution in [0.1, 0.15) is 0 Å². The highest BCUT2D eigenvalue weighted by Crippen LogP contribution is 2.31. The first-order chi connectivity index (χ1) is 5.41. The fraction of sp³-hybridized carbons (Fsp3) is 0.333. The van der Waals surface area contributed by atoms with Crippen molar-refractivity contribution in [3.63, 3.8) is 0 Å². The van der Waals surface area contributed by atoms with Crippen LogP contribution in [0.3, 0.4) is 0 Å². The van der Waals surface area contributed by atoms with E-state index < -0.39 is 17.1 Å². The Labute approximate surface area is 76.9 Å². The van der Waals surface area contributed by atoms with Gasteiger partial charge in [0, 0.05) is 6.21 Å². The molecule has 1 aliphatic rings. The molecule has 1 unspecified atom stereocenters. The third kappa shape index (κ3) is 2.04. The molecule has 1 heterocycles. The standard InChI is InChI=1S/C6H3ClF3NS/c7-3-1-4(6(8,9)10)5(12)11-2-3/h1-2,4H. The molecule has 0 aromatic rings. The number of rotatable bonds is 0. The fourth-order valence-electron chi connectivity index (χ4n) is 0.714. The SMILES string of the molecule is FC(F)(F)C1C=C(Cl)C=NC1=S. The first-order valence-corrected chi connectivity index (χ1v) is 3.72. The summed E-state index contributed by atoms with van der Waals surface area (Å²) in [5.41, 5.74) is 0. The molecule has 1 nitrogen and oxygen atoms in total. The molecule has 1 atom stereocenters. The predicted octanol–water partition coefficient (Wildman–Crippen LogP) is 2.70. The summed E-state index contributed by atoms with van der Waals surface area (Å²) in [5.74, 6) is -1.81. The fourth-order valence-corrected chi connectivity index (χ4v) is 1.14. The monoisotopic (exact) mass is 213 g/mol. The summed E-state index contributed by atoms with van der Waals surface area (Å²) in [4.78, 5) is 2.95. The molecule has 0 aromatic heterocycles. The van der Waals surface area contributed by atoms with Crippen LogP contribution in [0.4, 0.5) is 13.2 Å². The van der Waals surface area contributed by atoms with Crippen LogP contribution < -0.4 is 0 Å². The molecule has 0 fully saturated rings. The van der Waals surface area contributed by atoms with E-state index in [2.05, 4.69) is 17.2 Å². The number of hydrogen-bond acceptors (Lipinski definition) is 1. The molecule has 0 aliphatic carbocycles. The van der Waals surface area contributed by atoms with Gasteiger partial charge in [-0.1, -0.05) is 23.8 Å². The lowest BCUT2D eigenvalue weighted by atomic mass is 10.1. The van der Waals surface area contributed by atoms with Crippen LogP contribution in [-0.4, -0.2) is 17.4 Å². The third-order valence-corrected chi connectivity index (χ3v) is 1.84. The van der Waals surface area contributed by atoms with Crippen molar-refractivity contribution in [2.45, 2.75) is 6.18 Å². The van der Waals surface area contributed by atoms with E-state index in [1.165, 1.54) is 0 Å². The third-order valence-electron chi connectivity index (χ3n) is 1.26. The van der Waals surface area contributed by atoms with Crippen molar-refractivity contribution in [3.05, 3.63) is 11.1 Å². The van der Waals surface area contributed by atoms with Gasteiger partial charge in [-0.15, -0.1) is 0 Å². The Morgan fingerprint density at radius 3 is 2.50 bits per heavy atom. The Morgan fingerprint density at radius 1 is 1.50 bits per heavy atom. The zero-order valence-electron chi connectivity index (χ0n) is 5.60. The second-order valence-electron chi connectivity index (χ2n) is 2.17. The number of nitrogens with zero attached hydrogens (tertiary/aromatic N) is 1. The minimum absolute atomic E-state index is 0.0362. The van der Waals surface area contributed by atoms with Crippen molar-refractivity contribution in [3.8, 4) is 0 Å². The molecular formula is C6H3ClF3NS. The molecule has 0 bridgehead atoms. The Kier molecular flexibility index (Phi) is 2.53. The number of halogens is 4. The lowest BCUT2D eigenvalue weighted by molar-refractivity contribution is -0.143. The van der Waals surface area contributed by atoms with E-state index in [-0.39, 0.29) is 5.03 Å². The summed E-state index contributed by atoms with van der Waals surface area (Å²) < 4.78 is 36.3. The Morgan fingerprint density at radius 2 is 2.08 bits per heavy atom. The van der Waals surface area contributed by atoms with Crippen LogP contribution in [0.2, 0.25) is 0 Å². The van der Waals surface area contributed by atoms with E-state index in [4.69, 9.17) is 11.6 Å². The Bertz CT molecular complexity index is 268. The molecule has 0 spiro atoms.